The van der Waals surface area contributed by atoms with Gasteiger partial charge < -0.3 is 4.74 Å². The monoisotopic (exact) mass is 376 g/mol. The van der Waals surface area contributed by atoms with Crippen molar-refractivity contribution in [3.63, 3.8) is 0 Å². The SMILES string of the molecule is CCc1nn(C)c(COc2cccc(Cl)c2CBr)c1Cl. The molecular formula is C14H15BrCl2N2O. The summed E-state index contributed by atoms with van der Waals surface area (Å²) >= 11 is 15.9. The second kappa shape index (κ2) is 6.83. The minimum atomic E-state index is 0.364. The molecule has 3 nitrogen and oxygen atoms in total. The average Bonchev–Trinajstić information content (AvgIpc) is 2.71. The van der Waals surface area contributed by atoms with Crippen LogP contribution < -0.4 is 4.74 Å². The summed E-state index contributed by atoms with van der Waals surface area (Å²) in [7, 11) is 1.87. The van der Waals surface area contributed by atoms with Gasteiger partial charge in [0.15, 0.2) is 0 Å². The molecular weight excluding hydrogens is 363 g/mol. The number of hydrogen-bond donors (Lipinski definition) is 0. The van der Waals surface area contributed by atoms with Crippen LogP contribution >= 0.6 is 39.1 Å². The van der Waals surface area contributed by atoms with E-state index in [-0.39, 0.29) is 0 Å². The fourth-order valence-electron chi connectivity index (χ4n) is 1.93. The lowest BCUT2D eigenvalue weighted by atomic mass is 10.2. The van der Waals surface area contributed by atoms with Crippen molar-refractivity contribution in [1.82, 2.24) is 9.78 Å². The summed E-state index contributed by atoms with van der Waals surface area (Å²) in [5.74, 6) is 0.754. The van der Waals surface area contributed by atoms with Crippen molar-refractivity contribution in [2.45, 2.75) is 25.3 Å². The lowest BCUT2D eigenvalue weighted by Gasteiger charge is -2.11. The van der Waals surface area contributed by atoms with Gasteiger partial charge in [-0.3, -0.25) is 4.68 Å². The molecule has 0 saturated heterocycles. The molecule has 0 saturated carbocycles. The van der Waals surface area contributed by atoms with Crippen LogP contribution in [0.4, 0.5) is 0 Å². The number of aromatic nitrogens is 2. The Morgan fingerprint density at radius 3 is 2.70 bits per heavy atom. The van der Waals surface area contributed by atoms with E-state index in [1.807, 2.05) is 32.2 Å². The minimum absolute atomic E-state index is 0.364. The van der Waals surface area contributed by atoms with Gasteiger partial charge in [0.1, 0.15) is 12.4 Å². The molecule has 0 N–H and O–H groups in total. The van der Waals surface area contributed by atoms with Gasteiger partial charge in [-0.1, -0.05) is 52.1 Å². The van der Waals surface area contributed by atoms with Crippen molar-refractivity contribution in [3.05, 3.63) is 45.2 Å². The van der Waals surface area contributed by atoms with Crippen molar-refractivity contribution >= 4 is 39.1 Å². The van der Waals surface area contributed by atoms with Gasteiger partial charge in [0.25, 0.3) is 0 Å². The van der Waals surface area contributed by atoms with Gasteiger partial charge in [0.05, 0.1) is 16.4 Å². The fourth-order valence-corrected chi connectivity index (χ4v) is 3.25. The number of ether oxygens (including phenoxy) is 1. The molecule has 2 aromatic rings. The normalized spacial score (nSPS) is 10.8. The quantitative estimate of drug-likeness (QED) is 0.702. The third-order valence-corrected chi connectivity index (χ3v) is 4.43. The summed E-state index contributed by atoms with van der Waals surface area (Å²) in [6.07, 6.45) is 0.802. The molecule has 1 heterocycles. The predicted octanol–water partition coefficient (Wildman–Crippen LogP) is 4.76. The average molecular weight is 378 g/mol. The van der Waals surface area contributed by atoms with Crippen LogP contribution in [0.2, 0.25) is 10.0 Å². The first-order chi connectivity index (χ1) is 9.58. The summed E-state index contributed by atoms with van der Waals surface area (Å²) in [4.78, 5) is 0. The van der Waals surface area contributed by atoms with E-state index in [0.29, 0.717) is 22.0 Å². The van der Waals surface area contributed by atoms with Crippen molar-refractivity contribution < 1.29 is 4.74 Å². The number of benzene rings is 1. The van der Waals surface area contributed by atoms with Crippen LogP contribution in [0.25, 0.3) is 0 Å². The van der Waals surface area contributed by atoms with Gasteiger partial charge in [0, 0.05) is 23.0 Å². The molecule has 0 aliphatic carbocycles. The van der Waals surface area contributed by atoms with Gasteiger partial charge in [-0.25, -0.2) is 0 Å². The van der Waals surface area contributed by atoms with Crippen LogP contribution in [-0.4, -0.2) is 9.78 Å². The molecule has 0 unspecified atom stereocenters. The molecule has 20 heavy (non-hydrogen) atoms. The maximum Gasteiger partial charge on any atom is 0.131 e. The molecule has 0 fully saturated rings. The molecule has 0 aliphatic heterocycles. The Kier molecular flexibility index (Phi) is 5.35. The van der Waals surface area contributed by atoms with Crippen LogP contribution in [0.15, 0.2) is 18.2 Å². The summed E-state index contributed by atoms with van der Waals surface area (Å²) < 4.78 is 7.62. The number of aryl methyl sites for hydroxylation is 2. The zero-order valence-electron chi connectivity index (χ0n) is 11.3. The largest absolute Gasteiger partial charge is 0.487 e. The molecule has 0 aliphatic rings. The zero-order valence-corrected chi connectivity index (χ0v) is 14.4. The molecule has 0 spiro atoms. The Bertz CT molecular complexity index is 613. The first-order valence-corrected chi connectivity index (χ1v) is 8.12. The summed E-state index contributed by atoms with van der Waals surface area (Å²) in [6, 6.07) is 5.61. The van der Waals surface area contributed by atoms with Gasteiger partial charge in [-0.2, -0.15) is 5.10 Å². The molecule has 0 bridgehead atoms. The van der Waals surface area contributed by atoms with Crippen molar-refractivity contribution in [3.8, 4) is 5.75 Å². The van der Waals surface area contributed by atoms with Crippen LogP contribution in [-0.2, 0) is 25.4 Å². The number of hydrogen-bond acceptors (Lipinski definition) is 2. The topological polar surface area (TPSA) is 27.1 Å². The van der Waals surface area contributed by atoms with E-state index in [2.05, 4.69) is 21.0 Å². The molecule has 1 aromatic heterocycles. The molecule has 6 heteroatoms. The third kappa shape index (κ3) is 3.13. The van der Waals surface area contributed by atoms with E-state index in [1.54, 1.807) is 4.68 Å². The van der Waals surface area contributed by atoms with E-state index in [1.165, 1.54) is 0 Å². The second-order valence-electron chi connectivity index (χ2n) is 4.32. The predicted molar refractivity (Wildman–Crippen MR) is 86.0 cm³/mol. The number of nitrogens with zero attached hydrogens (tertiary/aromatic N) is 2. The van der Waals surface area contributed by atoms with Gasteiger partial charge >= 0.3 is 0 Å². The van der Waals surface area contributed by atoms with Crippen LogP contribution in [0.3, 0.4) is 0 Å². The van der Waals surface area contributed by atoms with Gasteiger partial charge in [-0.05, 0) is 18.6 Å². The standard InChI is InChI=1S/C14H15BrCl2N2O/c1-3-11-14(17)12(19(2)18-11)8-20-13-6-4-5-10(16)9(13)7-15/h4-6H,3,7-8H2,1-2H3. The Labute approximate surface area is 137 Å². The molecule has 0 amide bonds. The Balaban J connectivity index is 2.21. The van der Waals surface area contributed by atoms with Gasteiger partial charge in [0.2, 0.25) is 0 Å². The van der Waals surface area contributed by atoms with Crippen molar-refractivity contribution in [1.29, 1.82) is 0 Å². The lowest BCUT2D eigenvalue weighted by molar-refractivity contribution is 0.293. The molecule has 108 valence electrons. The number of halogens is 3. The summed E-state index contributed by atoms with van der Waals surface area (Å²) in [5, 5.41) is 6.37. The zero-order chi connectivity index (χ0) is 14.7. The first kappa shape index (κ1) is 15.7. The molecule has 2 rings (SSSR count). The van der Waals surface area contributed by atoms with E-state index < -0.39 is 0 Å². The molecule has 1 aromatic carbocycles. The minimum Gasteiger partial charge on any atom is -0.487 e. The Morgan fingerprint density at radius 1 is 1.35 bits per heavy atom. The number of rotatable bonds is 5. The van der Waals surface area contributed by atoms with E-state index in [0.717, 1.165) is 29.1 Å². The first-order valence-electron chi connectivity index (χ1n) is 6.24. The number of alkyl halides is 1. The van der Waals surface area contributed by atoms with Crippen molar-refractivity contribution in [2.75, 3.05) is 0 Å². The Morgan fingerprint density at radius 2 is 2.10 bits per heavy atom. The molecule has 0 radical (unpaired) electrons. The fraction of sp³-hybridized carbons (Fsp3) is 0.357. The van der Waals surface area contributed by atoms with Gasteiger partial charge in [-0.15, -0.1) is 0 Å². The van der Waals surface area contributed by atoms with E-state index >= 15 is 0 Å². The molecule has 0 atom stereocenters. The highest BCUT2D eigenvalue weighted by molar-refractivity contribution is 9.08. The highest BCUT2D eigenvalue weighted by Gasteiger charge is 2.14. The smallest absolute Gasteiger partial charge is 0.131 e. The second-order valence-corrected chi connectivity index (χ2v) is 5.67. The van der Waals surface area contributed by atoms with Crippen molar-refractivity contribution in [2.24, 2.45) is 7.05 Å². The highest BCUT2D eigenvalue weighted by Crippen LogP contribution is 2.30. The summed E-state index contributed by atoms with van der Waals surface area (Å²) in [5.41, 5.74) is 2.69. The lowest BCUT2D eigenvalue weighted by Crippen LogP contribution is -2.04. The third-order valence-electron chi connectivity index (χ3n) is 3.08. The maximum absolute atomic E-state index is 6.30. The van der Waals surface area contributed by atoms with E-state index in [4.69, 9.17) is 27.9 Å². The highest BCUT2D eigenvalue weighted by atomic mass is 79.9. The van der Waals surface area contributed by atoms with Crippen LogP contribution in [0.1, 0.15) is 23.9 Å². The summed E-state index contributed by atoms with van der Waals surface area (Å²) in [6.45, 7) is 2.39. The van der Waals surface area contributed by atoms with E-state index in [9.17, 15) is 0 Å². The van der Waals surface area contributed by atoms with Crippen LogP contribution in [0, 0.1) is 0 Å². The maximum atomic E-state index is 6.30. The van der Waals surface area contributed by atoms with Crippen LogP contribution in [0.5, 0.6) is 5.75 Å². The Hall–Kier alpha value is -0.710.